The third kappa shape index (κ3) is 62.1. The van der Waals surface area contributed by atoms with Crippen LogP contribution in [0.25, 0.3) is 0 Å². The van der Waals surface area contributed by atoms with Gasteiger partial charge in [-0.3, -0.25) is 14.4 Å². The van der Waals surface area contributed by atoms with Gasteiger partial charge in [-0.05, 0) is 57.8 Å². The number of allylic oxidation sites excluding steroid dienone is 8. The number of hydrogen-bond acceptors (Lipinski definition) is 6. The first kappa shape index (κ1) is 72.4. The van der Waals surface area contributed by atoms with Gasteiger partial charge in [0.1, 0.15) is 13.2 Å². The molecule has 0 amide bonds. The predicted molar refractivity (Wildman–Crippen MR) is 325 cm³/mol. The highest BCUT2D eigenvalue weighted by Gasteiger charge is 2.19. The Kier molecular flexibility index (Phi) is 61.7. The zero-order valence-corrected chi connectivity index (χ0v) is 50.3. The molecular formula is C69H126O6. The van der Waals surface area contributed by atoms with Crippen LogP contribution in [-0.4, -0.2) is 37.2 Å². The van der Waals surface area contributed by atoms with Gasteiger partial charge in [-0.25, -0.2) is 0 Å². The molecule has 0 aromatic carbocycles. The van der Waals surface area contributed by atoms with Crippen molar-refractivity contribution in [3.8, 4) is 0 Å². The van der Waals surface area contributed by atoms with E-state index < -0.39 is 6.10 Å². The largest absolute Gasteiger partial charge is 0.462 e. The molecule has 0 N–H and O–H groups in total. The smallest absolute Gasteiger partial charge is 0.306 e. The molecular weight excluding hydrogens is 925 g/mol. The molecule has 0 heterocycles. The zero-order valence-electron chi connectivity index (χ0n) is 50.3. The van der Waals surface area contributed by atoms with Crippen LogP contribution in [0.3, 0.4) is 0 Å². The first-order valence-corrected chi connectivity index (χ1v) is 33.1. The summed E-state index contributed by atoms with van der Waals surface area (Å²) in [5, 5.41) is 0. The van der Waals surface area contributed by atoms with Crippen molar-refractivity contribution in [2.75, 3.05) is 13.2 Å². The molecule has 6 nitrogen and oxygen atoms in total. The number of esters is 3. The van der Waals surface area contributed by atoms with Gasteiger partial charge in [0.05, 0.1) is 0 Å². The first-order chi connectivity index (χ1) is 37.0. The fraction of sp³-hybridized carbons (Fsp3) is 0.841. The monoisotopic (exact) mass is 1050 g/mol. The van der Waals surface area contributed by atoms with E-state index in [1.54, 1.807) is 0 Å². The van der Waals surface area contributed by atoms with Crippen molar-refractivity contribution < 1.29 is 28.6 Å². The average molecular weight is 1050 g/mol. The Morgan fingerprint density at radius 3 is 0.813 bits per heavy atom. The maximum atomic E-state index is 12.8. The molecule has 0 aromatic rings. The van der Waals surface area contributed by atoms with E-state index >= 15 is 0 Å². The molecule has 75 heavy (non-hydrogen) atoms. The summed E-state index contributed by atoms with van der Waals surface area (Å²) in [5.41, 5.74) is 0. The van der Waals surface area contributed by atoms with Gasteiger partial charge >= 0.3 is 17.9 Å². The topological polar surface area (TPSA) is 78.9 Å². The Balaban J connectivity index is 4.01. The molecule has 1 unspecified atom stereocenters. The summed E-state index contributed by atoms with van der Waals surface area (Å²) in [6.07, 6.45) is 80.3. The van der Waals surface area contributed by atoms with Crippen LogP contribution in [0.5, 0.6) is 0 Å². The third-order valence-corrected chi connectivity index (χ3v) is 14.8. The quantitative estimate of drug-likeness (QED) is 0.0261. The fourth-order valence-corrected chi connectivity index (χ4v) is 9.91. The van der Waals surface area contributed by atoms with Gasteiger partial charge in [0.2, 0.25) is 0 Å². The zero-order chi connectivity index (χ0) is 54.3. The Labute approximate surface area is 467 Å². The van der Waals surface area contributed by atoms with Gasteiger partial charge in [0.15, 0.2) is 6.10 Å². The summed E-state index contributed by atoms with van der Waals surface area (Å²) in [7, 11) is 0. The van der Waals surface area contributed by atoms with Gasteiger partial charge in [-0.1, -0.05) is 326 Å². The second kappa shape index (κ2) is 63.9. The Morgan fingerprint density at radius 2 is 0.520 bits per heavy atom. The van der Waals surface area contributed by atoms with Gasteiger partial charge in [0.25, 0.3) is 0 Å². The van der Waals surface area contributed by atoms with Crippen molar-refractivity contribution >= 4 is 17.9 Å². The molecule has 0 aliphatic rings. The Bertz CT molecular complexity index is 1300. The molecule has 0 spiro atoms. The van der Waals surface area contributed by atoms with Crippen molar-refractivity contribution in [3.63, 3.8) is 0 Å². The van der Waals surface area contributed by atoms with E-state index in [1.807, 2.05) is 0 Å². The molecule has 0 saturated carbocycles. The van der Waals surface area contributed by atoms with E-state index in [0.717, 1.165) is 83.5 Å². The number of carbonyl (C=O) groups excluding carboxylic acids is 3. The van der Waals surface area contributed by atoms with Crippen molar-refractivity contribution in [1.29, 1.82) is 0 Å². The Hall–Kier alpha value is -2.63. The molecule has 0 saturated heterocycles. The van der Waals surface area contributed by atoms with Crippen LogP contribution >= 0.6 is 0 Å². The van der Waals surface area contributed by atoms with Gasteiger partial charge in [-0.2, -0.15) is 0 Å². The molecule has 1 atom stereocenters. The SMILES string of the molecule is CC/C=C\C/C=C\C/C=C\C/C=C\CCCCCCCCCCCCC(=O)OC(COC(=O)CCCCCCCC)COC(=O)CCCCCCCCCCCCCCCCCCCCCCCCCCCCCC. The summed E-state index contributed by atoms with van der Waals surface area (Å²) >= 11 is 0. The standard InChI is InChI=1S/C69H126O6/c1-4-7-10-13-16-18-20-22-24-26-28-30-32-33-34-35-36-38-39-41-43-45-47-49-51-53-56-59-62-68(71)74-65-66(64-73-67(70)61-58-55-15-12-9-6-3)75-69(72)63-60-57-54-52-50-48-46-44-42-40-37-31-29-27-25-23-21-19-17-14-11-8-5-2/h8,11,17,19,23,25,29,31,66H,4-7,9-10,12-16,18,20-22,24,26-28,30,32-65H2,1-3H3/b11-8-,19-17-,25-23-,31-29-. The normalized spacial score (nSPS) is 12.3. The van der Waals surface area contributed by atoms with Gasteiger partial charge < -0.3 is 14.2 Å². The van der Waals surface area contributed by atoms with Crippen LogP contribution < -0.4 is 0 Å². The van der Waals surface area contributed by atoms with E-state index in [4.69, 9.17) is 14.2 Å². The van der Waals surface area contributed by atoms with Gasteiger partial charge in [-0.15, -0.1) is 0 Å². The van der Waals surface area contributed by atoms with Crippen LogP contribution in [0.15, 0.2) is 48.6 Å². The van der Waals surface area contributed by atoms with E-state index in [0.29, 0.717) is 19.3 Å². The van der Waals surface area contributed by atoms with Crippen molar-refractivity contribution in [2.24, 2.45) is 0 Å². The summed E-state index contributed by atoms with van der Waals surface area (Å²) in [5.74, 6) is -0.865. The molecule has 6 heteroatoms. The van der Waals surface area contributed by atoms with Crippen molar-refractivity contribution in [2.45, 2.75) is 361 Å². The highest BCUT2D eigenvalue weighted by Crippen LogP contribution is 2.18. The van der Waals surface area contributed by atoms with Crippen LogP contribution in [-0.2, 0) is 28.6 Å². The van der Waals surface area contributed by atoms with E-state index in [2.05, 4.69) is 69.4 Å². The van der Waals surface area contributed by atoms with E-state index in [-0.39, 0.29) is 31.1 Å². The summed E-state index contributed by atoms with van der Waals surface area (Å²) in [4.78, 5) is 38.0. The summed E-state index contributed by atoms with van der Waals surface area (Å²) in [6.45, 7) is 6.52. The minimum absolute atomic E-state index is 0.0706. The van der Waals surface area contributed by atoms with Crippen molar-refractivity contribution in [1.82, 2.24) is 0 Å². The predicted octanol–water partition coefficient (Wildman–Crippen LogP) is 22.6. The fourth-order valence-electron chi connectivity index (χ4n) is 9.91. The average Bonchev–Trinajstić information content (AvgIpc) is 3.41. The van der Waals surface area contributed by atoms with E-state index in [9.17, 15) is 14.4 Å². The molecule has 0 bridgehead atoms. The summed E-state index contributed by atoms with van der Waals surface area (Å²) in [6, 6.07) is 0. The van der Waals surface area contributed by atoms with Crippen LogP contribution in [0.2, 0.25) is 0 Å². The number of hydrogen-bond donors (Lipinski definition) is 0. The number of ether oxygens (including phenoxy) is 3. The minimum Gasteiger partial charge on any atom is -0.462 e. The Morgan fingerprint density at radius 1 is 0.280 bits per heavy atom. The van der Waals surface area contributed by atoms with Crippen LogP contribution in [0.1, 0.15) is 355 Å². The van der Waals surface area contributed by atoms with Crippen LogP contribution in [0.4, 0.5) is 0 Å². The first-order valence-electron chi connectivity index (χ1n) is 33.1. The molecule has 0 rings (SSSR count). The maximum Gasteiger partial charge on any atom is 0.306 e. The highest BCUT2D eigenvalue weighted by atomic mass is 16.6. The molecule has 0 aliphatic carbocycles. The molecule has 0 radical (unpaired) electrons. The molecule has 0 fully saturated rings. The lowest BCUT2D eigenvalue weighted by atomic mass is 10.0. The van der Waals surface area contributed by atoms with Crippen molar-refractivity contribution in [3.05, 3.63) is 48.6 Å². The number of rotatable bonds is 61. The molecule has 438 valence electrons. The highest BCUT2D eigenvalue weighted by molar-refractivity contribution is 5.71. The van der Waals surface area contributed by atoms with Gasteiger partial charge in [0, 0.05) is 19.3 Å². The summed E-state index contributed by atoms with van der Waals surface area (Å²) < 4.78 is 16.8. The lowest BCUT2D eigenvalue weighted by molar-refractivity contribution is -0.167. The number of carbonyl (C=O) groups is 3. The molecule has 0 aliphatic heterocycles. The third-order valence-electron chi connectivity index (χ3n) is 14.8. The second-order valence-corrected chi connectivity index (χ2v) is 22.4. The van der Waals surface area contributed by atoms with E-state index in [1.165, 1.54) is 231 Å². The lowest BCUT2D eigenvalue weighted by Gasteiger charge is -2.18. The second-order valence-electron chi connectivity index (χ2n) is 22.4. The minimum atomic E-state index is -0.771. The number of unbranched alkanes of at least 4 members (excludes halogenated alkanes) is 42. The van der Waals surface area contributed by atoms with Crippen LogP contribution in [0, 0.1) is 0 Å². The lowest BCUT2D eigenvalue weighted by Crippen LogP contribution is -2.30. The molecule has 0 aromatic heterocycles. The maximum absolute atomic E-state index is 12.8.